The molecule has 176 valence electrons. The van der Waals surface area contributed by atoms with Crippen LogP contribution in [0.3, 0.4) is 0 Å². The molecule has 4 heterocycles. The molecule has 0 N–H and O–H groups in total. The lowest BCUT2D eigenvalue weighted by atomic mass is 10.1. The van der Waals surface area contributed by atoms with Crippen molar-refractivity contribution in [3.8, 4) is 11.4 Å². The van der Waals surface area contributed by atoms with E-state index in [1.54, 1.807) is 6.07 Å². The average molecular weight is 480 g/mol. The molecule has 2 aliphatic rings. The van der Waals surface area contributed by atoms with E-state index < -0.39 is 22.6 Å². The number of hydrogen-bond donors (Lipinski definition) is 0. The summed E-state index contributed by atoms with van der Waals surface area (Å²) in [5.41, 5.74) is 1.00. The second-order valence-corrected chi connectivity index (χ2v) is 9.91. The van der Waals surface area contributed by atoms with Gasteiger partial charge in [-0.2, -0.15) is 13.5 Å². The lowest BCUT2D eigenvalue weighted by molar-refractivity contribution is -0.0542. The molecule has 0 amide bonds. The van der Waals surface area contributed by atoms with Gasteiger partial charge in [0.15, 0.2) is 5.65 Å². The van der Waals surface area contributed by atoms with Crippen molar-refractivity contribution in [2.24, 2.45) is 5.92 Å². The number of anilines is 1. The fourth-order valence-corrected chi connectivity index (χ4v) is 4.32. The predicted molar refractivity (Wildman–Crippen MR) is 113 cm³/mol. The minimum atomic E-state index is -3.59. The molecule has 1 aliphatic carbocycles. The van der Waals surface area contributed by atoms with Gasteiger partial charge >= 0.3 is 0 Å². The Labute approximate surface area is 188 Å². The van der Waals surface area contributed by atoms with Crippen molar-refractivity contribution in [2.45, 2.75) is 31.5 Å². The lowest BCUT2D eigenvalue weighted by Gasteiger charge is -2.38. The molecular formula is C20H22F2N6O4S. The maximum atomic E-state index is 13.1. The number of alkyl halides is 2. The molecule has 0 radical (unpaired) electrons. The number of ether oxygens (including phenoxy) is 1. The first kappa shape index (κ1) is 22.0. The van der Waals surface area contributed by atoms with E-state index >= 15 is 0 Å². The first-order valence-corrected chi connectivity index (χ1v) is 12.3. The molecule has 13 heteroatoms. The van der Waals surface area contributed by atoms with E-state index in [-0.39, 0.29) is 18.4 Å². The molecule has 1 saturated carbocycles. The Bertz CT molecular complexity index is 1270. The molecule has 0 bridgehead atoms. The zero-order chi connectivity index (χ0) is 23.2. The van der Waals surface area contributed by atoms with Gasteiger partial charge in [0.25, 0.3) is 16.5 Å². The molecule has 0 spiro atoms. The highest BCUT2D eigenvalue weighted by atomic mass is 32.2. The van der Waals surface area contributed by atoms with Crippen molar-refractivity contribution in [3.05, 3.63) is 36.4 Å². The van der Waals surface area contributed by atoms with E-state index in [0.717, 1.165) is 19.1 Å². The molecule has 2 atom stereocenters. The Hall–Kier alpha value is -2.77. The van der Waals surface area contributed by atoms with Crippen LogP contribution in [0.4, 0.5) is 14.6 Å². The first-order valence-electron chi connectivity index (χ1n) is 10.5. The van der Waals surface area contributed by atoms with Gasteiger partial charge < -0.3 is 9.64 Å². The van der Waals surface area contributed by atoms with Crippen LogP contribution in [0.15, 0.2) is 30.7 Å². The van der Waals surface area contributed by atoms with Crippen molar-refractivity contribution >= 4 is 21.6 Å². The molecule has 3 aromatic heterocycles. The zero-order valence-electron chi connectivity index (χ0n) is 17.7. The van der Waals surface area contributed by atoms with E-state index in [1.807, 2.05) is 4.90 Å². The van der Waals surface area contributed by atoms with Gasteiger partial charge in [0, 0.05) is 19.2 Å². The highest BCUT2D eigenvalue weighted by Gasteiger charge is 2.39. The highest BCUT2D eigenvalue weighted by molar-refractivity contribution is 7.85. The molecule has 5 rings (SSSR count). The SMILES string of the molecule is CS(=O)(=O)OCC1CN(c2cc(-c3cnc4ccc(C(F)F)nn34)ncn2)CC(C2CC2)O1. The Morgan fingerprint density at radius 2 is 2.03 bits per heavy atom. The monoisotopic (exact) mass is 480 g/mol. The molecule has 10 nitrogen and oxygen atoms in total. The summed E-state index contributed by atoms with van der Waals surface area (Å²) >= 11 is 0. The predicted octanol–water partition coefficient (Wildman–Crippen LogP) is 2.08. The minimum absolute atomic E-state index is 0.0589. The van der Waals surface area contributed by atoms with Gasteiger partial charge in [0.1, 0.15) is 29.6 Å². The van der Waals surface area contributed by atoms with Crippen LogP contribution in [-0.2, 0) is 19.0 Å². The summed E-state index contributed by atoms with van der Waals surface area (Å²) < 4.78 is 61.5. The summed E-state index contributed by atoms with van der Waals surface area (Å²) in [6, 6.07) is 4.46. The van der Waals surface area contributed by atoms with Gasteiger partial charge in [-0.1, -0.05) is 0 Å². The van der Waals surface area contributed by atoms with Crippen molar-refractivity contribution in [2.75, 3.05) is 30.9 Å². The van der Waals surface area contributed by atoms with E-state index in [4.69, 9.17) is 8.92 Å². The number of aromatic nitrogens is 5. The molecule has 3 aromatic rings. The smallest absolute Gasteiger partial charge is 0.282 e. The lowest BCUT2D eigenvalue weighted by Crippen LogP contribution is -2.50. The van der Waals surface area contributed by atoms with E-state index in [1.165, 1.54) is 29.2 Å². The summed E-state index contributed by atoms with van der Waals surface area (Å²) in [6.07, 6.45) is 2.85. The maximum Gasteiger partial charge on any atom is 0.282 e. The average Bonchev–Trinajstić information content (AvgIpc) is 3.56. The number of rotatable bonds is 7. The van der Waals surface area contributed by atoms with Gasteiger partial charge in [0.2, 0.25) is 0 Å². The third-order valence-electron chi connectivity index (χ3n) is 5.65. The molecule has 0 aromatic carbocycles. The fraction of sp³-hybridized carbons (Fsp3) is 0.500. The first-order chi connectivity index (χ1) is 15.8. The van der Waals surface area contributed by atoms with Crippen LogP contribution in [0.25, 0.3) is 17.0 Å². The van der Waals surface area contributed by atoms with Gasteiger partial charge in [-0.25, -0.2) is 28.2 Å². The van der Waals surface area contributed by atoms with Crippen LogP contribution in [-0.4, -0.2) is 71.1 Å². The summed E-state index contributed by atoms with van der Waals surface area (Å²) in [5, 5.41) is 3.99. The minimum Gasteiger partial charge on any atom is -0.369 e. The highest BCUT2D eigenvalue weighted by Crippen LogP contribution is 2.37. The maximum absolute atomic E-state index is 13.1. The van der Waals surface area contributed by atoms with Gasteiger partial charge in [-0.3, -0.25) is 4.18 Å². The standard InChI is InChI=1S/C20H22F2N6O4S/c1-33(29,30)31-10-13-8-27(9-17(32-13)12-2-3-12)19-6-15(24-11-25-19)16-7-23-18-5-4-14(20(21)22)26-28(16)18/h4-7,11-13,17,20H,2-3,8-10H2,1H3. The Morgan fingerprint density at radius 3 is 2.76 bits per heavy atom. The van der Waals surface area contributed by atoms with Gasteiger partial charge in [-0.05, 0) is 30.9 Å². The Balaban J connectivity index is 1.43. The number of fused-ring (bicyclic) bond motifs is 1. The van der Waals surface area contributed by atoms with Crippen LogP contribution in [0.2, 0.25) is 0 Å². The second kappa shape index (κ2) is 8.54. The topological polar surface area (TPSA) is 112 Å². The van der Waals surface area contributed by atoms with Crippen molar-refractivity contribution in [1.82, 2.24) is 24.6 Å². The largest absolute Gasteiger partial charge is 0.369 e. The molecule has 1 aliphatic heterocycles. The molecule has 1 saturated heterocycles. The van der Waals surface area contributed by atoms with Crippen LogP contribution in [0, 0.1) is 5.92 Å². The zero-order valence-corrected chi connectivity index (χ0v) is 18.5. The number of hydrogen-bond acceptors (Lipinski definition) is 9. The third kappa shape index (κ3) is 4.94. The summed E-state index contributed by atoms with van der Waals surface area (Å²) in [5.74, 6) is 1.03. The number of imidazole rings is 1. The molecular weight excluding hydrogens is 458 g/mol. The molecule has 33 heavy (non-hydrogen) atoms. The van der Waals surface area contributed by atoms with E-state index in [9.17, 15) is 17.2 Å². The van der Waals surface area contributed by atoms with E-state index in [2.05, 4.69) is 20.1 Å². The Morgan fingerprint density at radius 1 is 1.21 bits per heavy atom. The van der Waals surface area contributed by atoms with Crippen molar-refractivity contribution in [1.29, 1.82) is 0 Å². The number of morpholine rings is 1. The normalized spacial score (nSPS) is 21.8. The second-order valence-electron chi connectivity index (χ2n) is 8.26. The summed E-state index contributed by atoms with van der Waals surface area (Å²) in [6.45, 7) is 0.900. The number of halogens is 2. The van der Waals surface area contributed by atoms with E-state index in [0.29, 0.717) is 41.9 Å². The fourth-order valence-electron chi connectivity index (χ4n) is 3.92. The summed E-state index contributed by atoms with van der Waals surface area (Å²) in [4.78, 5) is 14.9. The van der Waals surface area contributed by atoms with Crippen LogP contribution >= 0.6 is 0 Å². The Kier molecular flexibility index (Phi) is 5.70. The summed E-state index contributed by atoms with van der Waals surface area (Å²) in [7, 11) is -3.59. The number of nitrogens with zero attached hydrogens (tertiary/aromatic N) is 6. The van der Waals surface area contributed by atoms with Crippen LogP contribution in [0.5, 0.6) is 0 Å². The van der Waals surface area contributed by atoms with Gasteiger partial charge in [0.05, 0.1) is 30.9 Å². The van der Waals surface area contributed by atoms with Crippen LogP contribution in [0.1, 0.15) is 25.0 Å². The molecule has 2 fully saturated rings. The van der Waals surface area contributed by atoms with Crippen molar-refractivity contribution < 1.29 is 26.1 Å². The quantitative estimate of drug-likeness (QED) is 0.469. The van der Waals surface area contributed by atoms with Gasteiger partial charge in [-0.15, -0.1) is 0 Å². The van der Waals surface area contributed by atoms with Crippen LogP contribution < -0.4 is 4.90 Å². The molecule has 2 unspecified atom stereocenters. The van der Waals surface area contributed by atoms with Crippen molar-refractivity contribution in [3.63, 3.8) is 0 Å². The third-order valence-corrected chi connectivity index (χ3v) is 6.22.